The molecule has 3 aliphatic rings. The van der Waals surface area contributed by atoms with E-state index in [4.69, 9.17) is 4.74 Å². The van der Waals surface area contributed by atoms with Gasteiger partial charge in [-0.2, -0.15) is 0 Å². The molecule has 0 bridgehead atoms. The molecule has 3 fully saturated rings. The number of hydrogen-bond acceptors (Lipinski definition) is 4. The van der Waals surface area contributed by atoms with Gasteiger partial charge in [0.25, 0.3) is 5.91 Å². The summed E-state index contributed by atoms with van der Waals surface area (Å²) >= 11 is 0. The fraction of sp³-hybridized carbons (Fsp3) is 0.682. The number of nitrogens with zero attached hydrogens (tertiary/aromatic N) is 3. The molecule has 0 N–H and O–H groups in total. The molecule has 1 aromatic rings. The number of carbonyl (C=O) groups excluding carboxylic acids is 2. The Balaban J connectivity index is 1.31. The van der Waals surface area contributed by atoms with E-state index in [1.165, 1.54) is 5.56 Å². The van der Waals surface area contributed by atoms with Gasteiger partial charge < -0.3 is 14.5 Å². The Hall–Kier alpha value is -1.95. The SMILES string of the molecule is O=C1CCC2(CCN(C(=O)[C@@H]3CCCCO3)CC2)CN1CCc1ccncc1. The molecule has 6 heteroatoms. The normalized spacial score (nSPS) is 25.1. The van der Waals surface area contributed by atoms with Crippen molar-refractivity contribution in [2.24, 2.45) is 5.41 Å². The van der Waals surface area contributed by atoms with Gasteiger partial charge in [0, 0.05) is 51.6 Å². The van der Waals surface area contributed by atoms with E-state index in [0.29, 0.717) is 13.0 Å². The van der Waals surface area contributed by atoms with Crippen molar-refractivity contribution in [2.45, 2.75) is 57.5 Å². The first kappa shape index (κ1) is 19.4. The molecule has 152 valence electrons. The molecule has 3 aliphatic heterocycles. The summed E-state index contributed by atoms with van der Waals surface area (Å²) in [6.07, 6.45) is 10.8. The third-order valence-corrected chi connectivity index (χ3v) is 6.76. The van der Waals surface area contributed by atoms with E-state index in [1.807, 2.05) is 21.9 Å². The van der Waals surface area contributed by atoms with E-state index in [0.717, 1.165) is 71.1 Å². The van der Waals surface area contributed by atoms with Crippen LogP contribution in [0.4, 0.5) is 0 Å². The Labute approximate surface area is 167 Å². The first-order chi connectivity index (χ1) is 13.7. The maximum Gasteiger partial charge on any atom is 0.251 e. The Kier molecular flexibility index (Phi) is 5.95. The molecule has 0 unspecified atom stereocenters. The first-order valence-corrected chi connectivity index (χ1v) is 10.7. The minimum atomic E-state index is -0.229. The van der Waals surface area contributed by atoms with Crippen LogP contribution in [0.15, 0.2) is 24.5 Å². The van der Waals surface area contributed by atoms with Gasteiger partial charge in [-0.25, -0.2) is 0 Å². The number of pyridine rings is 1. The van der Waals surface area contributed by atoms with Crippen LogP contribution in [0.3, 0.4) is 0 Å². The van der Waals surface area contributed by atoms with Crippen LogP contribution in [0.25, 0.3) is 0 Å². The standard InChI is InChI=1S/C22H31N3O3/c26-20-4-8-22(17-25(20)13-7-18-5-11-23-12-6-18)9-14-24(15-10-22)21(27)19-3-1-2-16-28-19/h5-6,11-12,19H,1-4,7-10,13-17H2/t19-/m0/s1. The van der Waals surface area contributed by atoms with Gasteiger partial charge in [0.05, 0.1) is 0 Å². The second kappa shape index (κ2) is 8.60. The maximum absolute atomic E-state index is 12.7. The summed E-state index contributed by atoms with van der Waals surface area (Å²) in [6.45, 7) is 3.90. The van der Waals surface area contributed by atoms with Crippen LogP contribution in [-0.2, 0) is 20.7 Å². The largest absolute Gasteiger partial charge is 0.368 e. The zero-order chi connectivity index (χ0) is 19.4. The summed E-state index contributed by atoms with van der Waals surface area (Å²) in [5.74, 6) is 0.449. The van der Waals surface area contributed by atoms with E-state index >= 15 is 0 Å². The van der Waals surface area contributed by atoms with Gasteiger partial charge in [-0.1, -0.05) is 0 Å². The van der Waals surface area contributed by atoms with Crippen LogP contribution in [0, 0.1) is 5.41 Å². The average Bonchev–Trinajstić information content (AvgIpc) is 2.76. The Morgan fingerprint density at radius 2 is 1.96 bits per heavy atom. The predicted molar refractivity (Wildman–Crippen MR) is 106 cm³/mol. The van der Waals surface area contributed by atoms with Gasteiger partial charge in [-0.05, 0) is 68.1 Å². The number of rotatable bonds is 4. The topological polar surface area (TPSA) is 62.7 Å². The second-order valence-corrected chi connectivity index (χ2v) is 8.60. The molecule has 4 rings (SSSR count). The lowest BCUT2D eigenvalue weighted by atomic mass is 9.72. The second-order valence-electron chi connectivity index (χ2n) is 8.60. The van der Waals surface area contributed by atoms with Gasteiger partial charge in [0.15, 0.2) is 0 Å². The highest BCUT2D eigenvalue weighted by Crippen LogP contribution is 2.40. The van der Waals surface area contributed by atoms with Crippen molar-refractivity contribution < 1.29 is 14.3 Å². The van der Waals surface area contributed by atoms with Gasteiger partial charge in [0.2, 0.25) is 5.91 Å². The monoisotopic (exact) mass is 385 g/mol. The number of amides is 2. The van der Waals surface area contributed by atoms with Crippen molar-refractivity contribution in [3.05, 3.63) is 30.1 Å². The van der Waals surface area contributed by atoms with E-state index in [1.54, 1.807) is 12.4 Å². The molecule has 1 spiro atoms. The van der Waals surface area contributed by atoms with Crippen molar-refractivity contribution in [2.75, 3.05) is 32.8 Å². The summed E-state index contributed by atoms with van der Waals surface area (Å²) in [5.41, 5.74) is 1.39. The summed E-state index contributed by atoms with van der Waals surface area (Å²) < 4.78 is 5.69. The maximum atomic E-state index is 12.7. The third-order valence-electron chi connectivity index (χ3n) is 6.76. The fourth-order valence-electron chi connectivity index (χ4n) is 4.87. The van der Waals surface area contributed by atoms with E-state index < -0.39 is 0 Å². The minimum Gasteiger partial charge on any atom is -0.368 e. The molecule has 6 nitrogen and oxygen atoms in total. The molecule has 2 amide bonds. The summed E-state index contributed by atoms with van der Waals surface area (Å²) in [7, 11) is 0. The lowest BCUT2D eigenvalue weighted by Gasteiger charge is -2.48. The highest BCUT2D eigenvalue weighted by atomic mass is 16.5. The number of piperidine rings is 2. The molecule has 4 heterocycles. The zero-order valence-electron chi connectivity index (χ0n) is 16.6. The van der Waals surface area contributed by atoms with Crippen molar-refractivity contribution in [1.29, 1.82) is 0 Å². The highest BCUT2D eigenvalue weighted by molar-refractivity contribution is 5.81. The van der Waals surface area contributed by atoms with Crippen molar-refractivity contribution in [1.82, 2.24) is 14.8 Å². The highest BCUT2D eigenvalue weighted by Gasteiger charge is 2.42. The minimum absolute atomic E-state index is 0.177. The molecule has 1 atom stereocenters. The van der Waals surface area contributed by atoms with Crippen LogP contribution < -0.4 is 0 Å². The number of hydrogen-bond donors (Lipinski definition) is 0. The number of ether oxygens (including phenoxy) is 1. The number of carbonyl (C=O) groups is 2. The van der Waals surface area contributed by atoms with E-state index in [-0.39, 0.29) is 23.3 Å². The Morgan fingerprint density at radius 1 is 1.18 bits per heavy atom. The van der Waals surface area contributed by atoms with Gasteiger partial charge in [-0.15, -0.1) is 0 Å². The third kappa shape index (κ3) is 4.37. The summed E-state index contributed by atoms with van der Waals surface area (Å²) in [6, 6.07) is 4.03. The quantitative estimate of drug-likeness (QED) is 0.799. The first-order valence-electron chi connectivity index (χ1n) is 10.7. The zero-order valence-corrected chi connectivity index (χ0v) is 16.6. The van der Waals surface area contributed by atoms with Crippen molar-refractivity contribution in [3.63, 3.8) is 0 Å². The molecular formula is C22H31N3O3. The van der Waals surface area contributed by atoms with E-state index in [2.05, 4.69) is 4.98 Å². The summed E-state index contributed by atoms with van der Waals surface area (Å²) in [4.78, 5) is 33.3. The van der Waals surface area contributed by atoms with Crippen LogP contribution in [0.2, 0.25) is 0 Å². The molecule has 3 saturated heterocycles. The molecule has 28 heavy (non-hydrogen) atoms. The van der Waals surface area contributed by atoms with Crippen molar-refractivity contribution >= 4 is 11.8 Å². The van der Waals surface area contributed by atoms with Crippen LogP contribution in [-0.4, -0.2) is 65.5 Å². The van der Waals surface area contributed by atoms with Crippen LogP contribution >= 0.6 is 0 Å². The average molecular weight is 386 g/mol. The number of aromatic nitrogens is 1. The molecular weight excluding hydrogens is 354 g/mol. The van der Waals surface area contributed by atoms with E-state index in [9.17, 15) is 9.59 Å². The fourth-order valence-corrected chi connectivity index (χ4v) is 4.87. The molecule has 0 aromatic carbocycles. The molecule has 0 aliphatic carbocycles. The molecule has 0 radical (unpaired) electrons. The lowest BCUT2D eigenvalue weighted by Crippen LogP contribution is -2.54. The van der Waals surface area contributed by atoms with Crippen LogP contribution in [0.1, 0.15) is 50.5 Å². The van der Waals surface area contributed by atoms with Gasteiger partial charge in [0.1, 0.15) is 6.10 Å². The smallest absolute Gasteiger partial charge is 0.251 e. The number of likely N-dealkylation sites (tertiary alicyclic amines) is 2. The Morgan fingerprint density at radius 3 is 2.68 bits per heavy atom. The van der Waals surface area contributed by atoms with Gasteiger partial charge in [-0.3, -0.25) is 14.6 Å². The predicted octanol–water partition coefficient (Wildman–Crippen LogP) is 2.42. The lowest BCUT2D eigenvalue weighted by molar-refractivity contribution is -0.151. The van der Waals surface area contributed by atoms with Crippen LogP contribution in [0.5, 0.6) is 0 Å². The Bertz CT molecular complexity index is 680. The van der Waals surface area contributed by atoms with Gasteiger partial charge >= 0.3 is 0 Å². The molecule has 0 saturated carbocycles. The summed E-state index contributed by atoms with van der Waals surface area (Å²) in [5, 5.41) is 0. The molecule has 1 aromatic heterocycles. The van der Waals surface area contributed by atoms with Crippen molar-refractivity contribution in [3.8, 4) is 0 Å².